The van der Waals surface area contributed by atoms with E-state index in [9.17, 15) is 13.2 Å². The summed E-state index contributed by atoms with van der Waals surface area (Å²) in [5.41, 5.74) is 1.68. The minimum atomic E-state index is -3.66. The molecule has 4 heterocycles. The number of sulfonamides is 1. The highest BCUT2D eigenvalue weighted by molar-refractivity contribution is 7.91. The van der Waals surface area contributed by atoms with Crippen molar-refractivity contribution in [2.45, 2.75) is 43.5 Å². The van der Waals surface area contributed by atoms with E-state index < -0.39 is 10.0 Å². The molecule has 32 heavy (non-hydrogen) atoms. The van der Waals surface area contributed by atoms with Crippen LogP contribution in [0.4, 0.5) is 5.69 Å². The van der Waals surface area contributed by atoms with Crippen LogP contribution in [0.1, 0.15) is 36.4 Å². The molecule has 0 aliphatic carbocycles. The van der Waals surface area contributed by atoms with Gasteiger partial charge in [-0.3, -0.25) is 14.4 Å². The quantitative estimate of drug-likeness (QED) is 0.747. The van der Waals surface area contributed by atoms with Crippen LogP contribution in [-0.4, -0.2) is 62.1 Å². The summed E-state index contributed by atoms with van der Waals surface area (Å²) in [6.07, 6.45) is 3.54. The summed E-state index contributed by atoms with van der Waals surface area (Å²) in [7, 11) is -1.47. The SMILES string of the molecule is CN1CCC(N2C[C@@H]3C[C@H](C2)c2ccc(NS(=O)(=O)Cc4ccccc4)c(=O)n2C3)CC1. The number of likely N-dealkylation sites (tertiary alicyclic amines) is 2. The largest absolute Gasteiger partial charge is 0.310 e. The second-order valence-corrected chi connectivity index (χ2v) is 11.4. The molecule has 1 aromatic carbocycles. The normalized spacial score (nSPS) is 24.8. The first kappa shape index (κ1) is 21.7. The summed E-state index contributed by atoms with van der Waals surface area (Å²) in [5, 5.41) is 0. The molecular formula is C24H32N4O3S. The molecule has 2 atom stereocenters. The highest BCUT2D eigenvalue weighted by atomic mass is 32.2. The molecule has 0 spiro atoms. The summed E-state index contributed by atoms with van der Waals surface area (Å²) < 4.78 is 29.7. The second kappa shape index (κ2) is 8.65. The molecule has 1 aromatic heterocycles. The average Bonchev–Trinajstić information content (AvgIpc) is 2.77. The predicted molar refractivity (Wildman–Crippen MR) is 126 cm³/mol. The number of nitrogens with one attached hydrogen (secondary N) is 1. The fraction of sp³-hybridized carbons (Fsp3) is 0.542. The van der Waals surface area contributed by atoms with Gasteiger partial charge in [0.05, 0.1) is 5.75 Å². The van der Waals surface area contributed by atoms with Crippen molar-refractivity contribution in [2.24, 2.45) is 5.92 Å². The molecule has 0 saturated carbocycles. The van der Waals surface area contributed by atoms with Gasteiger partial charge in [-0.25, -0.2) is 8.42 Å². The van der Waals surface area contributed by atoms with Gasteiger partial charge >= 0.3 is 0 Å². The van der Waals surface area contributed by atoms with Crippen molar-refractivity contribution in [3.05, 3.63) is 64.1 Å². The summed E-state index contributed by atoms with van der Waals surface area (Å²) >= 11 is 0. The molecule has 2 aromatic rings. The van der Waals surface area contributed by atoms with Crippen molar-refractivity contribution in [3.63, 3.8) is 0 Å². The van der Waals surface area contributed by atoms with E-state index in [2.05, 4.69) is 21.6 Å². The van der Waals surface area contributed by atoms with Crippen molar-refractivity contribution >= 4 is 15.7 Å². The molecule has 172 valence electrons. The lowest BCUT2D eigenvalue weighted by Crippen LogP contribution is -2.53. The summed E-state index contributed by atoms with van der Waals surface area (Å²) in [4.78, 5) is 18.3. The highest BCUT2D eigenvalue weighted by Crippen LogP contribution is 2.37. The Morgan fingerprint density at radius 1 is 1.00 bits per heavy atom. The van der Waals surface area contributed by atoms with Crippen molar-refractivity contribution in [3.8, 4) is 0 Å². The maximum atomic E-state index is 13.2. The molecule has 1 N–H and O–H groups in total. The van der Waals surface area contributed by atoms with Crippen molar-refractivity contribution in [1.29, 1.82) is 0 Å². The van der Waals surface area contributed by atoms with Crippen LogP contribution < -0.4 is 10.3 Å². The Morgan fingerprint density at radius 2 is 1.75 bits per heavy atom. The van der Waals surface area contributed by atoms with Gasteiger partial charge in [-0.1, -0.05) is 30.3 Å². The molecule has 7 nitrogen and oxygen atoms in total. The maximum Gasteiger partial charge on any atom is 0.275 e. The Labute approximate surface area is 190 Å². The zero-order valence-corrected chi connectivity index (χ0v) is 19.4. The molecule has 0 amide bonds. The molecule has 2 fully saturated rings. The lowest BCUT2D eigenvalue weighted by Gasteiger charge is -2.47. The fourth-order valence-corrected chi connectivity index (χ4v) is 6.91. The Bertz CT molecular complexity index is 1120. The number of fused-ring (bicyclic) bond motifs is 4. The van der Waals surface area contributed by atoms with Gasteiger partial charge in [0.1, 0.15) is 5.69 Å². The Morgan fingerprint density at radius 3 is 2.50 bits per heavy atom. The van der Waals surface area contributed by atoms with Gasteiger partial charge in [0.15, 0.2) is 0 Å². The van der Waals surface area contributed by atoms with E-state index in [4.69, 9.17) is 0 Å². The van der Waals surface area contributed by atoms with Gasteiger partial charge in [-0.05, 0) is 63.0 Å². The molecule has 3 aliphatic rings. The molecule has 2 saturated heterocycles. The third-order valence-electron chi connectivity index (χ3n) is 7.30. The van der Waals surface area contributed by atoms with Crippen LogP contribution in [0, 0.1) is 5.92 Å². The van der Waals surface area contributed by atoms with Crippen LogP contribution in [0.3, 0.4) is 0 Å². The Balaban J connectivity index is 1.33. The number of piperidine rings is 2. The van der Waals surface area contributed by atoms with E-state index in [-0.39, 0.29) is 17.0 Å². The molecule has 0 radical (unpaired) electrons. The highest BCUT2D eigenvalue weighted by Gasteiger charge is 2.38. The topological polar surface area (TPSA) is 74.7 Å². The predicted octanol–water partition coefficient (Wildman–Crippen LogP) is 2.30. The molecular weight excluding hydrogens is 424 g/mol. The van der Waals surface area contributed by atoms with Crippen LogP contribution in [0.25, 0.3) is 0 Å². The van der Waals surface area contributed by atoms with Gasteiger partial charge < -0.3 is 9.47 Å². The average molecular weight is 457 g/mol. The summed E-state index contributed by atoms with van der Waals surface area (Å²) in [5.74, 6) is 0.630. The Hall–Kier alpha value is -2.16. The van der Waals surface area contributed by atoms with Crippen LogP contribution in [-0.2, 0) is 22.3 Å². The van der Waals surface area contributed by atoms with E-state index in [1.54, 1.807) is 18.2 Å². The number of benzene rings is 1. The Kier molecular flexibility index (Phi) is 5.86. The number of hydrogen-bond acceptors (Lipinski definition) is 5. The number of aromatic nitrogens is 1. The zero-order chi connectivity index (χ0) is 22.3. The fourth-order valence-electron chi connectivity index (χ4n) is 5.72. The van der Waals surface area contributed by atoms with Crippen LogP contribution in [0.5, 0.6) is 0 Å². The molecule has 8 heteroatoms. The van der Waals surface area contributed by atoms with Gasteiger partial charge in [-0.15, -0.1) is 0 Å². The summed E-state index contributed by atoms with van der Waals surface area (Å²) in [6.45, 7) is 4.99. The number of pyridine rings is 1. The van der Waals surface area contributed by atoms with Crippen LogP contribution >= 0.6 is 0 Å². The van der Waals surface area contributed by atoms with E-state index in [0.29, 0.717) is 30.0 Å². The first-order valence-corrected chi connectivity index (χ1v) is 13.2. The molecule has 5 rings (SSSR count). The van der Waals surface area contributed by atoms with Crippen molar-refractivity contribution in [2.75, 3.05) is 37.9 Å². The van der Waals surface area contributed by atoms with Gasteiger partial charge in [-0.2, -0.15) is 0 Å². The molecule has 3 aliphatic heterocycles. The van der Waals surface area contributed by atoms with Gasteiger partial charge in [0, 0.05) is 37.3 Å². The van der Waals surface area contributed by atoms with Crippen molar-refractivity contribution in [1.82, 2.24) is 14.4 Å². The molecule has 0 unspecified atom stereocenters. The third kappa shape index (κ3) is 4.49. The van der Waals surface area contributed by atoms with Gasteiger partial charge in [0.25, 0.3) is 5.56 Å². The van der Waals surface area contributed by atoms with Gasteiger partial charge in [0.2, 0.25) is 10.0 Å². The standard InChI is InChI=1S/C24H32N4O3S/c1-26-11-9-21(10-12-26)27-14-19-13-20(16-27)23-8-7-22(24(29)28(23)15-19)25-32(30,31)17-18-5-3-2-4-6-18/h2-8,19-21,25H,9-17H2,1H3/t19-,20+/m0/s1. The van der Waals surface area contributed by atoms with Crippen LogP contribution in [0.2, 0.25) is 0 Å². The second-order valence-electron chi connectivity index (χ2n) is 9.72. The minimum absolute atomic E-state index is 0.147. The van der Waals surface area contributed by atoms with E-state index >= 15 is 0 Å². The smallest absolute Gasteiger partial charge is 0.275 e. The van der Waals surface area contributed by atoms with E-state index in [0.717, 1.165) is 38.3 Å². The molecule has 2 bridgehead atoms. The van der Waals surface area contributed by atoms with Crippen LogP contribution in [0.15, 0.2) is 47.3 Å². The van der Waals surface area contributed by atoms with Crippen molar-refractivity contribution < 1.29 is 8.42 Å². The lowest BCUT2D eigenvalue weighted by molar-refractivity contribution is 0.0517. The number of anilines is 1. The minimum Gasteiger partial charge on any atom is -0.310 e. The maximum absolute atomic E-state index is 13.2. The zero-order valence-electron chi connectivity index (χ0n) is 18.6. The first-order valence-electron chi connectivity index (χ1n) is 11.6. The number of rotatable bonds is 5. The number of nitrogens with zero attached hydrogens (tertiary/aromatic N) is 3. The number of hydrogen-bond donors (Lipinski definition) is 1. The van der Waals surface area contributed by atoms with E-state index in [1.165, 1.54) is 12.8 Å². The van der Waals surface area contributed by atoms with E-state index in [1.807, 2.05) is 28.8 Å². The monoisotopic (exact) mass is 456 g/mol. The lowest BCUT2D eigenvalue weighted by atomic mass is 9.82. The first-order chi connectivity index (χ1) is 15.4. The summed E-state index contributed by atoms with van der Waals surface area (Å²) in [6, 6.07) is 13.3. The third-order valence-corrected chi connectivity index (χ3v) is 8.55.